The number of halogens is 3. The van der Waals surface area contributed by atoms with Crippen LogP contribution in [0.3, 0.4) is 0 Å². The summed E-state index contributed by atoms with van der Waals surface area (Å²) in [5.74, 6) is 0. The first-order chi connectivity index (χ1) is 11.3. The summed E-state index contributed by atoms with van der Waals surface area (Å²) in [6.45, 7) is 0.639. The molecule has 0 aliphatic rings. The van der Waals surface area contributed by atoms with Crippen LogP contribution in [-0.4, -0.2) is 26.1 Å². The van der Waals surface area contributed by atoms with Crippen LogP contribution in [-0.2, 0) is 19.4 Å². The van der Waals surface area contributed by atoms with Crippen molar-refractivity contribution in [3.05, 3.63) is 70.3 Å². The number of pyridine rings is 1. The number of benzene rings is 1. The van der Waals surface area contributed by atoms with Crippen LogP contribution in [0.25, 0.3) is 5.65 Å². The topological polar surface area (TPSA) is 42.5 Å². The van der Waals surface area contributed by atoms with E-state index in [-0.39, 0.29) is 12.4 Å². The Bertz CT molecular complexity index is 896. The normalized spacial score (nSPS) is 12.2. The van der Waals surface area contributed by atoms with E-state index >= 15 is 0 Å². The first kappa shape index (κ1) is 16.3. The van der Waals surface area contributed by atoms with Crippen LogP contribution in [0, 0.1) is 0 Å². The predicted octanol–water partition coefficient (Wildman–Crippen LogP) is 2.60. The fourth-order valence-corrected chi connectivity index (χ4v) is 2.45. The number of alkyl halides is 3. The van der Waals surface area contributed by atoms with Crippen LogP contribution in [0.15, 0.2) is 53.5 Å². The van der Waals surface area contributed by atoms with Crippen molar-refractivity contribution in [1.82, 2.24) is 19.1 Å². The number of fused-ring (bicyclic) bond motifs is 1. The van der Waals surface area contributed by atoms with E-state index in [2.05, 4.69) is 5.10 Å². The molecule has 2 heterocycles. The molecule has 0 bridgehead atoms. The maximum Gasteiger partial charge on any atom is 0.416 e. The zero-order chi connectivity index (χ0) is 17.3. The Kier molecular flexibility index (Phi) is 4.15. The first-order valence-electron chi connectivity index (χ1n) is 7.23. The van der Waals surface area contributed by atoms with Gasteiger partial charge in [-0.25, -0.2) is 4.79 Å². The largest absolute Gasteiger partial charge is 0.416 e. The van der Waals surface area contributed by atoms with Gasteiger partial charge in [0.15, 0.2) is 5.65 Å². The highest BCUT2D eigenvalue weighted by atomic mass is 19.4. The Labute approximate surface area is 135 Å². The van der Waals surface area contributed by atoms with Crippen molar-refractivity contribution in [1.29, 1.82) is 0 Å². The second-order valence-electron chi connectivity index (χ2n) is 5.56. The van der Waals surface area contributed by atoms with Gasteiger partial charge in [-0.2, -0.15) is 17.9 Å². The molecule has 0 radical (unpaired) electrons. The molecule has 0 fully saturated rings. The summed E-state index contributed by atoms with van der Waals surface area (Å²) in [6, 6.07) is 10.2. The number of nitrogens with zero attached hydrogens (tertiary/aromatic N) is 4. The average molecular weight is 336 g/mol. The molecule has 0 saturated heterocycles. The van der Waals surface area contributed by atoms with Crippen molar-refractivity contribution >= 4 is 5.65 Å². The zero-order valence-electron chi connectivity index (χ0n) is 12.9. The minimum absolute atomic E-state index is 0.238. The zero-order valence-corrected chi connectivity index (χ0v) is 12.9. The van der Waals surface area contributed by atoms with E-state index in [1.54, 1.807) is 36.3 Å². The van der Waals surface area contributed by atoms with Crippen molar-refractivity contribution in [2.24, 2.45) is 0 Å². The summed E-state index contributed by atoms with van der Waals surface area (Å²) in [4.78, 5) is 14.0. The quantitative estimate of drug-likeness (QED) is 0.735. The van der Waals surface area contributed by atoms with E-state index in [1.165, 1.54) is 21.2 Å². The predicted molar refractivity (Wildman–Crippen MR) is 82.4 cm³/mol. The molecule has 0 unspecified atom stereocenters. The van der Waals surface area contributed by atoms with E-state index in [0.29, 0.717) is 12.2 Å². The number of hydrogen-bond acceptors (Lipinski definition) is 3. The van der Waals surface area contributed by atoms with Gasteiger partial charge in [0.05, 0.1) is 12.2 Å². The fourth-order valence-electron chi connectivity index (χ4n) is 2.45. The first-order valence-corrected chi connectivity index (χ1v) is 7.23. The number of rotatable bonds is 4. The summed E-state index contributed by atoms with van der Waals surface area (Å²) < 4.78 is 40.4. The van der Waals surface area contributed by atoms with Gasteiger partial charge < -0.3 is 0 Å². The lowest BCUT2D eigenvalue weighted by Crippen LogP contribution is -2.30. The highest BCUT2D eigenvalue weighted by molar-refractivity contribution is 5.35. The second kappa shape index (κ2) is 6.12. The molecule has 8 heteroatoms. The molecule has 5 nitrogen and oxygen atoms in total. The Balaban J connectivity index is 1.72. The minimum atomic E-state index is -4.34. The lowest BCUT2D eigenvalue weighted by Gasteiger charge is -2.16. The molecule has 0 atom stereocenters. The lowest BCUT2D eigenvalue weighted by molar-refractivity contribution is -0.137. The molecule has 0 aliphatic heterocycles. The Hall–Kier alpha value is -2.61. The van der Waals surface area contributed by atoms with Crippen molar-refractivity contribution in [2.45, 2.75) is 19.4 Å². The fraction of sp³-hybridized carbons (Fsp3) is 0.250. The van der Waals surface area contributed by atoms with Crippen molar-refractivity contribution < 1.29 is 13.2 Å². The monoisotopic (exact) mass is 336 g/mol. The molecule has 3 rings (SSSR count). The maximum absolute atomic E-state index is 12.6. The molecule has 3 aromatic rings. The summed E-state index contributed by atoms with van der Waals surface area (Å²) in [5, 5.41) is 4.22. The van der Waals surface area contributed by atoms with Gasteiger partial charge in [0.2, 0.25) is 0 Å². The van der Waals surface area contributed by atoms with E-state index < -0.39 is 11.7 Å². The van der Waals surface area contributed by atoms with Gasteiger partial charge >= 0.3 is 11.9 Å². The van der Waals surface area contributed by atoms with Crippen LogP contribution >= 0.6 is 0 Å². The summed E-state index contributed by atoms with van der Waals surface area (Å²) in [7, 11) is 1.77. The van der Waals surface area contributed by atoms with Crippen LogP contribution < -0.4 is 5.69 Å². The highest BCUT2D eigenvalue weighted by Crippen LogP contribution is 2.29. The molecule has 0 spiro atoms. The standard InChI is InChI=1S/C16H15F3N4O/c1-21(10-12-5-7-13(8-6-12)16(17,18)19)11-23-15(24)22-9-3-2-4-14(22)20-23/h2-9H,10-11H2,1H3. The van der Waals surface area contributed by atoms with Crippen molar-refractivity contribution in [2.75, 3.05) is 7.05 Å². The van der Waals surface area contributed by atoms with Crippen LogP contribution in [0.4, 0.5) is 13.2 Å². The molecule has 0 aliphatic carbocycles. The van der Waals surface area contributed by atoms with Gasteiger partial charge in [0.25, 0.3) is 0 Å². The summed E-state index contributed by atoms with van der Waals surface area (Å²) >= 11 is 0. The molecular weight excluding hydrogens is 321 g/mol. The van der Waals surface area contributed by atoms with E-state index in [0.717, 1.165) is 17.7 Å². The van der Waals surface area contributed by atoms with Gasteiger partial charge in [-0.05, 0) is 36.9 Å². The minimum Gasteiger partial charge on any atom is -0.283 e. The van der Waals surface area contributed by atoms with Crippen LogP contribution in [0.2, 0.25) is 0 Å². The van der Waals surface area contributed by atoms with Gasteiger partial charge in [-0.1, -0.05) is 18.2 Å². The SMILES string of the molecule is CN(Cc1ccc(C(F)(F)F)cc1)Cn1nc2ccccn2c1=O. The second-order valence-corrected chi connectivity index (χ2v) is 5.56. The van der Waals surface area contributed by atoms with Gasteiger partial charge in [-0.3, -0.25) is 9.30 Å². The maximum atomic E-state index is 12.6. The van der Waals surface area contributed by atoms with E-state index in [1.807, 2.05) is 0 Å². The van der Waals surface area contributed by atoms with Crippen molar-refractivity contribution in [3.63, 3.8) is 0 Å². The molecule has 2 aromatic heterocycles. The number of hydrogen-bond donors (Lipinski definition) is 0. The molecule has 0 N–H and O–H groups in total. The Morgan fingerprint density at radius 1 is 1.12 bits per heavy atom. The lowest BCUT2D eigenvalue weighted by atomic mass is 10.1. The van der Waals surface area contributed by atoms with E-state index in [9.17, 15) is 18.0 Å². The number of aromatic nitrogens is 3. The third-order valence-corrected chi connectivity index (χ3v) is 3.60. The van der Waals surface area contributed by atoms with Crippen LogP contribution in [0.5, 0.6) is 0 Å². The van der Waals surface area contributed by atoms with Gasteiger partial charge in [0.1, 0.15) is 0 Å². The smallest absolute Gasteiger partial charge is 0.283 e. The Morgan fingerprint density at radius 2 is 1.83 bits per heavy atom. The van der Waals surface area contributed by atoms with Crippen LogP contribution in [0.1, 0.15) is 11.1 Å². The van der Waals surface area contributed by atoms with Gasteiger partial charge in [-0.15, -0.1) is 5.10 Å². The molecule has 126 valence electrons. The van der Waals surface area contributed by atoms with Gasteiger partial charge in [0, 0.05) is 12.7 Å². The third kappa shape index (κ3) is 3.33. The summed E-state index contributed by atoms with van der Waals surface area (Å²) in [5.41, 5.74) is 0.336. The molecule has 24 heavy (non-hydrogen) atoms. The van der Waals surface area contributed by atoms with E-state index in [4.69, 9.17) is 0 Å². The molecular formula is C16H15F3N4O. The Morgan fingerprint density at radius 3 is 2.46 bits per heavy atom. The highest BCUT2D eigenvalue weighted by Gasteiger charge is 2.29. The molecule has 0 saturated carbocycles. The summed E-state index contributed by atoms with van der Waals surface area (Å²) in [6.07, 6.45) is -2.70. The molecule has 0 amide bonds. The molecule has 1 aromatic carbocycles. The van der Waals surface area contributed by atoms with Crippen molar-refractivity contribution in [3.8, 4) is 0 Å². The average Bonchev–Trinajstić information content (AvgIpc) is 2.83. The third-order valence-electron chi connectivity index (χ3n) is 3.60.